The average molecular weight is 626 g/mol. The first-order chi connectivity index (χ1) is 19.6. The van der Waals surface area contributed by atoms with E-state index in [-0.39, 0.29) is 29.4 Å². The van der Waals surface area contributed by atoms with E-state index in [4.69, 9.17) is 23.2 Å². The normalized spacial score (nSPS) is 27.7. The highest BCUT2D eigenvalue weighted by molar-refractivity contribution is 7.18. The molecule has 2 amide bonds. The smallest absolute Gasteiger partial charge is 0.233 e. The number of aryl methyl sites for hydroxylation is 3. The van der Waals surface area contributed by atoms with Crippen LogP contribution in [0.1, 0.15) is 58.9 Å². The Hall–Kier alpha value is -2.32. The minimum absolute atomic E-state index is 0.0178. The molecule has 2 aromatic carbocycles. The molecule has 41 heavy (non-hydrogen) atoms. The third kappa shape index (κ3) is 3.24. The third-order valence-electron chi connectivity index (χ3n) is 10.3. The number of rotatable bonds is 4. The summed E-state index contributed by atoms with van der Waals surface area (Å²) in [6.07, 6.45) is 1.74. The molecule has 0 unspecified atom stereocenters. The van der Waals surface area contributed by atoms with E-state index in [9.17, 15) is 14.7 Å². The number of phenolic OH excluding ortho intramolecular Hbond substituents is 1. The van der Waals surface area contributed by atoms with E-state index in [2.05, 4.69) is 30.7 Å². The van der Waals surface area contributed by atoms with Crippen molar-refractivity contribution < 1.29 is 14.7 Å². The highest BCUT2D eigenvalue weighted by Gasteiger charge is 2.76. The van der Waals surface area contributed by atoms with E-state index in [0.29, 0.717) is 44.1 Å². The number of thiophene rings is 2. The summed E-state index contributed by atoms with van der Waals surface area (Å²) in [5, 5.41) is 17.4. The molecule has 3 aliphatic carbocycles. The molecule has 2 aromatic heterocycles. The summed E-state index contributed by atoms with van der Waals surface area (Å²) >= 11 is 16.2. The van der Waals surface area contributed by atoms with Crippen LogP contribution in [0.25, 0.3) is 20.2 Å². The Morgan fingerprint density at radius 1 is 0.805 bits per heavy atom. The average Bonchev–Trinajstić information content (AvgIpc) is 3.65. The monoisotopic (exact) mass is 624 g/mol. The van der Waals surface area contributed by atoms with Gasteiger partial charge in [0.1, 0.15) is 5.75 Å². The molecule has 0 radical (unpaired) electrons. The SMILES string of the molecule is Cc1cc2c(c3c(C)csc13)[C@H](CCl)CN2C(=O)C12CC(C(=O)N3C[C@@H](CCl)c4c3cc(O)c3scc(C)c43)(C1)C2. The molecule has 0 spiro atoms. The number of fused-ring (bicyclic) bond motifs is 6. The molecule has 9 rings (SSSR count). The largest absolute Gasteiger partial charge is 0.506 e. The molecule has 5 aliphatic rings. The van der Waals surface area contributed by atoms with Crippen LogP contribution in [0.3, 0.4) is 0 Å². The number of hydrogen-bond donors (Lipinski definition) is 1. The fraction of sp³-hybridized carbons (Fsp3) is 0.438. The Kier molecular flexibility index (Phi) is 5.53. The molecule has 4 heterocycles. The van der Waals surface area contributed by atoms with Gasteiger partial charge >= 0.3 is 0 Å². The highest BCUT2D eigenvalue weighted by atomic mass is 35.5. The van der Waals surface area contributed by atoms with E-state index in [0.717, 1.165) is 32.6 Å². The number of aromatic hydroxyl groups is 1. The Morgan fingerprint density at radius 3 is 1.78 bits per heavy atom. The molecular weight excluding hydrogens is 595 g/mol. The summed E-state index contributed by atoms with van der Waals surface area (Å²) in [5.74, 6) is 1.42. The van der Waals surface area contributed by atoms with Gasteiger partial charge in [0, 0.05) is 63.9 Å². The number of anilines is 2. The summed E-state index contributed by atoms with van der Waals surface area (Å²) < 4.78 is 2.13. The predicted molar refractivity (Wildman–Crippen MR) is 170 cm³/mol. The van der Waals surface area contributed by atoms with Gasteiger partial charge in [0.15, 0.2) is 0 Å². The van der Waals surface area contributed by atoms with Gasteiger partial charge in [-0.25, -0.2) is 0 Å². The number of nitrogens with zero attached hydrogens (tertiary/aromatic N) is 2. The lowest BCUT2D eigenvalue weighted by Gasteiger charge is -2.69. The van der Waals surface area contributed by atoms with E-state index < -0.39 is 10.8 Å². The van der Waals surface area contributed by atoms with E-state index in [1.807, 2.05) is 16.7 Å². The Labute approximate surface area is 256 Å². The van der Waals surface area contributed by atoms with Crippen LogP contribution < -0.4 is 9.80 Å². The molecule has 2 aliphatic heterocycles. The Balaban J connectivity index is 1.09. The Morgan fingerprint density at radius 2 is 1.27 bits per heavy atom. The fourth-order valence-corrected chi connectivity index (χ4v) is 11.0. The van der Waals surface area contributed by atoms with Crippen molar-refractivity contribution in [1.82, 2.24) is 0 Å². The molecule has 3 fully saturated rings. The first-order valence-corrected chi connectivity index (χ1v) is 17.0. The molecule has 2 atom stereocenters. The van der Waals surface area contributed by atoms with Gasteiger partial charge in [0.05, 0.1) is 21.2 Å². The molecular formula is C32H30Cl2N2O3S2. The number of alkyl halides is 2. The molecule has 0 saturated heterocycles. The highest BCUT2D eigenvalue weighted by Crippen LogP contribution is 2.75. The maximum Gasteiger partial charge on any atom is 0.233 e. The quantitative estimate of drug-likeness (QED) is 0.234. The van der Waals surface area contributed by atoms with Crippen molar-refractivity contribution in [3.8, 4) is 5.75 Å². The van der Waals surface area contributed by atoms with Crippen molar-refractivity contribution in [1.29, 1.82) is 0 Å². The Bertz CT molecular complexity index is 1690. The lowest BCUT2D eigenvalue weighted by Crippen LogP contribution is -2.73. The standard InChI is InChI=1S/C32H30Cl2N2O3S2/c1-15-4-20-25(23-16(2)10-40-27(15)23)18(6-33)8-35(20)29(38)31-12-32(13-31,14-31)30(39)36-9-19(7-34)26-21(36)5-22(37)28-24(26)17(3)11-41-28/h4-5,10-11,18-19,37H,6-9,12-14H2,1-3H3/t18-,19-,31?,32?/m1/s1. The van der Waals surface area contributed by atoms with Gasteiger partial charge in [0.25, 0.3) is 0 Å². The molecule has 1 N–H and O–H groups in total. The van der Waals surface area contributed by atoms with Gasteiger partial charge in [-0.15, -0.1) is 45.9 Å². The van der Waals surface area contributed by atoms with Gasteiger partial charge in [-0.1, -0.05) is 0 Å². The summed E-state index contributed by atoms with van der Waals surface area (Å²) in [6, 6.07) is 3.91. The topological polar surface area (TPSA) is 60.9 Å². The van der Waals surface area contributed by atoms with Gasteiger partial charge < -0.3 is 14.9 Å². The van der Waals surface area contributed by atoms with Crippen molar-refractivity contribution >= 4 is 89.2 Å². The number of carbonyl (C=O) groups is 2. The molecule has 3 saturated carbocycles. The second-order valence-corrected chi connectivity index (χ2v) is 15.2. The predicted octanol–water partition coefficient (Wildman–Crippen LogP) is 7.96. The first kappa shape index (κ1) is 26.3. The van der Waals surface area contributed by atoms with Crippen LogP contribution >= 0.6 is 45.9 Å². The maximum atomic E-state index is 14.2. The second-order valence-electron chi connectivity index (χ2n) is 12.8. The van der Waals surface area contributed by atoms with E-state index >= 15 is 0 Å². The summed E-state index contributed by atoms with van der Waals surface area (Å²) in [5.41, 5.74) is 6.60. The van der Waals surface area contributed by atoms with E-state index in [1.165, 1.54) is 38.1 Å². The van der Waals surface area contributed by atoms with Crippen LogP contribution in [0.4, 0.5) is 11.4 Å². The van der Waals surface area contributed by atoms with Crippen LogP contribution in [0, 0.1) is 31.6 Å². The molecule has 2 bridgehead atoms. The number of halogens is 2. The lowest BCUT2D eigenvalue weighted by molar-refractivity contribution is -0.204. The number of carbonyl (C=O) groups excluding carboxylic acids is 2. The summed E-state index contributed by atoms with van der Waals surface area (Å²) in [6.45, 7) is 7.42. The van der Waals surface area contributed by atoms with E-state index in [1.54, 1.807) is 17.4 Å². The molecule has 5 nitrogen and oxygen atoms in total. The maximum absolute atomic E-state index is 14.2. The summed E-state index contributed by atoms with van der Waals surface area (Å²) in [7, 11) is 0. The van der Waals surface area contributed by atoms with Gasteiger partial charge in [-0.3, -0.25) is 9.59 Å². The number of hydrogen-bond acceptors (Lipinski definition) is 5. The molecule has 4 aromatic rings. The van der Waals surface area contributed by atoms with Crippen molar-refractivity contribution in [3.05, 3.63) is 50.7 Å². The number of benzene rings is 2. The number of phenols is 1. The number of amides is 2. The van der Waals surface area contributed by atoms with Crippen LogP contribution in [0.15, 0.2) is 22.9 Å². The third-order valence-corrected chi connectivity index (χ3v) is 13.4. The summed E-state index contributed by atoms with van der Waals surface area (Å²) in [4.78, 5) is 32.1. The van der Waals surface area contributed by atoms with Crippen molar-refractivity contribution in [2.75, 3.05) is 34.6 Å². The van der Waals surface area contributed by atoms with Gasteiger partial charge in [-0.2, -0.15) is 0 Å². The zero-order valence-electron chi connectivity index (χ0n) is 23.1. The molecule has 9 heteroatoms. The first-order valence-electron chi connectivity index (χ1n) is 14.1. The van der Waals surface area contributed by atoms with Crippen molar-refractivity contribution in [3.63, 3.8) is 0 Å². The van der Waals surface area contributed by atoms with Gasteiger partial charge in [0.2, 0.25) is 11.8 Å². The van der Waals surface area contributed by atoms with Crippen molar-refractivity contribution in [2.24, 2.45) is 10.8 Å². The van der Waals surface area contributed by atoms with Crippen LogP contribution in [0.2, 0.25) is 0 Å². The minimum atomic E-state index is -0.513. The van der Waals surface area contributed by atoms with Gasteiger partial charge in [-0.05, 0) is 84.7 Å². The minimum Gasteiger partial charge on any atom is -0.506 e. The van der Waals surface area contributed by atoms with Crippen LogP contribution in [0.5, 0.6) is 5.75 Å². The van der Waals surface area contributed by atoms with Crippen molar-refractivity contribution in [2.45, 2.75) is 51.9 Å². The van der Waals surface area contributed by atoms with Crippen LogP contribution in [-0.4, -0.2) is 41.8 Å². The molecule has 212 valence electrons. The lowest BCUT2D eigenvalue weighted by atomic mass is 9.34. The zero-order chi connectivity index (χ0) is 28.6. The fourth-order valence-electron chi connectivity index (χ4n) is 8.46. The van der Waals surface area contributed by atoms with Crippen LogP contribution in [-0.2, 0) is 9.59 Å². The zero-order valence-corrected chi connectivity index (χ0v) is 26.3. The second kappa shape index (κ2) is 8.62.